The molecule has 1 aliphatic carbocycles. The average molecular weight is 492 g/mol. The number of aromatic nitrogens is 2. The smallest absolute Gasteiger partial charge is 0.227 e. The topological polar surface area (TPSA) is 29.9 Å². The highest BCUT2D eigenvalue weighted by molar-refractivity contribution is 6.11. The van der Waals surface area contributed by atoms with Gasteiger partial charge in [-0.3, -0.25) is 0 Å². The van der Waals surface area contributed by atoms with E-state index in [1.807, 2.05) is 6.07 Å². The van der Waals surface area contributed by atoms with Gasteiger partial charge in [-0.15, -0.1) is 0 Å². The van der Waals surface area contributed by atoms with Gasteiger partial charge in [0.25, 0.3) is 0 Å². The molecule has 6 rings (SSSR count). The molecule has 0 radical (unpaired) electrons. The zero-order valence-corrected chi connectivity index (χ0v) is 23.8. The van der Waals surface area contributed by atoms with Crippen molar-refractivity contribution in [2.45, 2.75) is 84.5 Å². The number of furan rings is 1. The van der Waals surface area contributed by atoms with Gasteiger partial charge in [-0.05, 0) is 59.3 Å². The van der Waals surface area contributed by atoms with Gasteiger partial charge in [-0.2, -0.15) is 0 Å². The van der Waals surface area contributed by atoms with E-state index in [1.54, 1.807) is 0 Å². The van der Waals surface area contributed by atoms with E-state index in [-0.39, 0.29) is 16.2 Å². The van der Waals surface area contributed by atoms with Crippen LogP contribution in [0.2, 0.25) is 0 Å². The van der Waals surface area contributed by atoms with Gasteiger partial charge < -0.3 is 4.42 Å². The Morgan fingerprint density at radius 1 is 0.892 bits per heavy atom. The molecule has 3 aromatic heterocycles. The van der Waals surface area contributed by atoms with Crippen LogP contribution in [0.5, 0.6) is 0 Å². The number of aryl methyl sites for hydroxylation is 2. The second kappa shape index (κ2) is 7.66. The van der Waals surface area contributed by atoms with Gasteiger partial charge in [-0.1, -0.05) is 78.8 Å². The number of rotatable bonds is 1. The Morgan fingerprint density at radius 3 is 2.27 bits per heavy atom. The van der Waals surface area contributed by atoms with Crippen LogP contribution in [0.25, 0.3) is 44.2 Å². The first kappa shape index (κ1) is 24.2. The van der Waals surface area contributed by atoms with Crippen molar-refractivity contribution in [3.63, 3.8) is 0 Å². The zero-order valence-electron chi connectivity index (χ0n) is 23.8. The Kier molecular flexibility index (Phi) is 5.00. The highest BCUT2D eigenvalue weighted by atomic mass is 16.3. The third kappa shape index (κ3) is 3.54. The van der Waals surface area contributed by atoms with Crippen molar-refractivity contribution < 1.29 is 8.98 Å². The molecule has 0 bridgehead atoms. The molecule has 3 heteroatoms. The van der Waals surface area contributed by atoms with Gasteiger partial charge in [0, 0.05) is 27.3 Å². The van der Waals surface area contributed by atoms with Gasteiger partial charge in [0.05, 0.1) is 11.1 Å². The number of hydrogen-bond acceptors (Lipinski definition) is 2. The third-order valence-corrected chi connectivity index (χ3v) is 8.75. The average Bonchev–Trinajstić information content (AvgIpc) is 3.17. The highest BCUT2D eigenvalue weighted by Crippen LogP contribution is 2.52. The van der Waals surface area contributed by atoms with E-state index < -0.39 is 0 Å². The first-order valence-electron chi connectivity index (χ1n) is 13.6. The van der Waals surface area contributed by atoms with E-state index in [2.05, 4.69) is 110 Å². The summed E-state index contributed by atoms with van der Waals surface area (Å²) >= 11 is 0. The van der Waals surface area contributed by atoms with Crippen LogP contribution in [0.15, 0.2) is 53.1 Å². The molecule has 0 amide bonds. The normalized spacial score (nSPS) is 17.0. The minimum atomic E-state index is 0.0484. The van der Waals surface area contributed by atoms with E-state index in [1.165, 1.54) is 39.9 Å². The fraction of sp³-hybridized carbons (Fsp3) is 0.412. The summed E-state index contributed by atoms with van der Waals surface area (Å²) in [4.78, 5) is 4.91. The van der Waals surface area contributed by atoms with Crippen LogP contribution in [0, 0.1) is 6.92 Å². The third-order valence-electron chi connectivity index (χ3n) is 8.75. The Hall–Kier alpha value is -3.20. The van der Waals surface area contributed by atoms with Gasteiger partial charge in [0.15, 0.2) is 11.8 Å². The van der Waals surface area contributed by atoms with Crippen LogP contribution < -0.4 is 4.57 Å². The van der Waals surface area contributed by atoms with E-state index in [0.29, 0.717) is 5.71 Å². The summed E-state index contributed by atoms with van der Waals surface area (Å²) in [6.45, 7) is 19.0. The van der Waals surface area contributed by atoms with Crippen LogP contribution in [0.1, 0.15) is 83.6 Å². The minimum absolute atomic E-state index is 0.0484. The molecule has 2 aromatic carbocycles. The summed E-state index contributed by atoms with van der Waals surface area (Å²) in [6, 6.07) is 15.0. The lowest BCUT2D eigenvalue weighted by Gasteiger charge is -2.44. The Balaban J connectivity index is 1.78. The van der Waals surface area contributed by atoms with Crippen molar-refractivity contribution >= 4 is 33.0 Å². The lowest BCUT2D eigenvalue weighted by molar-refractivity contribution is -0.661. The molecule has 0 spiro atoms. The van der Waals surface area contributed by atoms with E-state index >= 15 is 0 Å². The summed E-state index contributed by atoms with van der Waals surface area (Å²) in [5.74, 6) is 0. The molecular formula is C34H39N2O+. The van der Waals surface area contributed by atoms with Crippen molar-refractivity contribution in [2.24, 2.45) is 7.05 Å². The Morgan fingerprint density at radius 2 is 1.57 bits per heavy atom. The largest absolute Gasteiger partial charge is 0.437 e. The maximum absolute atomic E-state index is 6.67. The van der Waals surface area contributed by atoms with Gasteiger partial charge in [0.1, 0.15) is 7.05 Å². The van der Waals surface area contributed by atoms with Gasteiger partial charge in [-0.25, -0.2) is 9.55 Å². The number of nitrogens with zero attached hydrogens (tertiary/aromatic N) is 2. The molecule has 0 saturated carbocycles. The number of para-hydroxylation sites is 1. The Bertz CT molecular complexity index is 1730. The zero-order chi connectivity index (χ0) is 26.5. The molecule has 0 aliphatic heterocycles. The summed E-state index contributed by atoms with van der Waals surface area (Å²) < 4.78 is 9.04. The van der Waals surface area contributed by atoms with Crippen LogP contribution in [0.4, 0.5) is 0 Å². The number of pyridine rings is 2. The first-order chi connectivity index (χ1) is 17.3. The summed E-state index contributed by atoms with van der Waals surface area (Å²) in [5.41, 5.74) is 11.0. The second-order valence-corrected chi connectivity index (χ2v) is 13.5. The summed E-state index contributed by atoms with van der Waals surface area (Å²) in [7, 11) is 2.22. The van der Waals surface area contributed by atoms with Crippen LogP contribution in [-0.2, 0) is 23.3 Å². The molecule has 3 nitrogen and oxygen atoms in total. The van der Waals surface area contributed by atoms with E-state index in [9.17, 15) is 0 Å². The van der Waals surface area contributed by atoms with Crippen LogP contribution >= 0.6 is 0 Å². The van der Waals surface area contributed by atoms with Crippen molar-refractivity contribution in [2.75, 3.05) is 0 Å². The fourth-order valence-electron chi connectivity index (χ4n) is 6.62. The standard InChI is InChI=1S/C34H39N2O/c1-20-14-15-22-23-18-21-12-10-11-13-25(21)35-31(23)37-30(22)26(20)29-28-27(24(19-36(29)9)32(2,3)4)33(5,6)16-17-34(28,7)8/h10-15,18-19H,16-17H2,1-9H3/q+1. The molecule has 0 saturated heterocycles. The molecule has 0 atom stereocenters. The molecule has 37 heavy (non-hydrogen) atoms. The first-order valence-corrected chi connectivity index (χ1v) is 13.6. The second-order valence-electron chi connectivity index (χ2n) is 13.5. The number of hydrogen-bond donors (Lipinski definition) is 0. The SMILES string of the molecule is Cc1ccc2c(oc3nc4ccccc4cc32)c1-c1c2c(c(C(C)(C)C)c[n+]1C)C(C)(C)CCC2(C)C. The molecule has 3 heterocycles. The molecule has 5 aromatic rings. The number of benzene rings is 2. The van der Waals surface area contributed by atoms with Crippen molar-refractivity contribution in [1.29, 1.82) is 0 Å². The molecule has 0 N–H and O–H groups in total. The lowest BCUT2D eigenvalue weighted by atomic mass is 9.59. The Labute approximate surface area is 220 Å². The molecule has 0 fully saturated rings. The highest BCUT2D eigenvalue weighted by Gasteiger charge is 2.46. The van der Waals surface area contributed by atoms with Crippen LogP contribution in [0.3, 0.4) is 0 Å². The van der Waals surface area contributed by atoms with Crippen molar-refractivity contribution in [3.05, 3.63) is 70.9 Å². The number of fused-ring (bicyclic) bond motifs is 5. The maximum atomic E-state index is 6.67. The lowest BCUT2D eigenvalue weighted by Crippen LogP contribution is -2.44. The van der Waals surface area contributed by atoms with Crippen molar-refractivity contribution in [1.82, 2.24) is 4.98 Å². The summed E-state index contributed by atoms with van der Waals surface area (Å²) in [6.07, 6.45) is 4.74. The van der Waals surface area contributed by atoms with E-state index in [4.69, 9.17) is 9.40 Å². The monoisotopic (exact) mass is 491 g/mol. The maximum Gasteiger partial charge on any atom is 0.227 e. The molecule has 0 unspecified atom stereocenters. The molecule has 190 valence electrons. The predicted molar refractivity (Wildman–Crippen MR) is 154 cm³/mol. The van der Waals surface area contributed by atoms with Gasteiger partial charge in [0.2, 0.25) is 11.4 Å². The van der Waals surface area contributed by atoms with Crippen LogP contribution in [-0.4, -0.2) is 4.98 Å². The van der Waals surface area contributed by atoms with E-state index in [0.717, 1.165) is 33.7 Å². The molecular weight excluding hydrogens is 452 g/mol. The minimum Gasteiger partial charge on any atom is -0.437 e. The summed E-state index contributed by atoms with van der Waals surface area (Å²) in [5, 5.41) is 3.35. The quantitative estimate of drug-likeness (QED) is 0.220. The predicted octanol–water partition coefficient (Wildman–Crippen LogP) is 8.58. The molecule has 1 aliphatic rings. The van der Waals surface area contributed by atoms with Gasteiger partial charge >= 0.3 is 0 Å². The van der Waals surface area contributed by atoms with Crippen molar-refractivity contribution in [3.8, 4) is 11.3 Å². The fourth-order valence-corrected chi connectivity index (χ4v) is 6.62.